The minimum absolute atomic E-state index is 0.0877. The van der Waals surface area contributed by atoms with Gasteiger partial charge >= 0.3 is 0 Å². The lowest BCUT2D eigenvalue weighted by Gasteiger charge is -2.35. The summed E-state index contributed by atoms with van der Waals surface area (Å²) < 4.78 is 4.94. The fourth-order valence-corrected chi connectivity index (χ4v) is 15.5. The highest BCUT2D eigenvalue weighted by Gasteiger charge is 2.42. The number of para-hydroxylation sites is 3. The molecule has 284 valence electrons. The van der Waals surface area contributed by atoms with E-state index in [0.717, 1.165) is 0 Å². The van der Waals surface area contributed by atoms with Gasteiger partial charge in [0.15, 0.2) is 8.07 Å². The first-order valence-electron chi connectivity index (χ1n) is 21.0. The molecule has 0 N–H and O–H groups in total. The van der Waals surface area contributed by atoms with Crippen LogP contribution in [-0.2, 0) is 5.41 Å². The maximum Gasteiger partial charge on any atom is 0.179 e. The van der Waals surface area contributed by atoms with Gasteiger partial charge < -0.3 is 9.13 Å². The molecule has 0 bridgehead atoms. The van der Waals surface area contributed by atoms with Gasteiger partial charge in [-0.3, -0.25) is 0 Å². The molecule has 0 radical (unpaired) electrons. The minimum Gasteiger partial charge on any atom is -0.309 e. The van der Waals surface area contributed by atoms with E-state index in [2.05, 4.69) is 241 Å². The number of nitrogens with zero attached hydrogens (tertiary/aromatic N) is 2. The molecule has 0 saturated carbocycles. The van der Waals surface area contributed by atoms with E-state index in [0.29, 0.717) is 0 Å². The Bertz CT molecular complexity index is 3350. The Hall–Kier alpha value is -7.20. The van der Waals surface area contributed by atoms with Crippen molar-refractivity contribution in [1.29, 1.82) is 0 Å². The standard InChI is InChI=1S/C57H42N2Si/c1-57(2)51-28-13-9-24-45(51)49-37-50-48-27-12-16-31-55(48)58(56(50)38-52(49)57)39-32-34-43(35-33-39)60(41-19-5-3-6-20-41,42-21-7-4-8-22-42)44-23-17-18-40(36-44)59-53-29-14-10-25-46(53)47-26-11-15-30-54(47)59/h3-38H,1-2H3. The minimum atomic E-state index is -2.89. The molecular weight excluding hydrogens is 741 g/mol. The van der Waals surface area contributed by atoms with Crippen molar-refractivity contribution in [3.05, 3.63) is 230 Å². The number of aromatic nitrogens is 2. The molecule has 12 rings (SSSR count). The second-order valence-electron chi connectivity index (χ2n) is 16.9. The molecule has 2 heterocycles. The van der Waals surface area contributed by atoms with Crippen molar-refractivity contribution in [1.82, 2.24) is 9.13 Å². The van der Waals surface area contributed by atoms with Crippen LogP contribution in [0.4, 0.5) is 0 Å². The molecule has 0 atom stereocenters. The zero-order chi connectivity index (χ0) is 40.0. The average molecular weight is 783 g/mol. The van der Waals surface area contributed by atoms with Crippen LogP contribution in [0.15, 0.2) is 218 Å². The number of benzene rings is 9. The van der Waals surface area contributed by atoms with Gasteiger partial charge in [-0.05, 0) is 97.6 Å². The summed E-state index contributed by atoms with van der Waals surface area (Å²) in [7, 11) is -2.89. The smallest absolute Gasteiger partial charge is 0.179 e. The molecule has 2 nitrogen and oxygen atoms in total. The van der Waals surface area contributed by atoms with E-state index >= 15 is 0 Å². The van der Waals surface area contributed by atoms with Crippen molar-refractivity contribution in [2.24, 2.45) is 0 Å². The van der Waals surface area contributed by atoms with Gasteiger partial charge in [0, 0.05) is 38.3 Å². The van der Waals surface area contributed by atoms with E-state index < -0.39 is 8.07 Å². The molecule has 3 heteroatoms. The van der Waals surface area contributed by atoms with E-state index in [4.69, 9.17) is 0 Å². The van der Waals surface area contributed by atoms with Crippen molar-refractivity contribution in [2.75, 3.05) is 0 Å². The Labute approximate surface area is 351 Å². The van der Waals surface area contributed by atoms with E-state index in [-0.39, 0.29) is 5.41 Å². The van der Waals surface area contributed by atoms with Crippen molar-refractivity contribution >= 4 is 72.4 Å². The van der Waals surface area contributed by atoms with Crippen molar-refractivity contribution in [3.8, 4) is 22.5 Å². The van der Waals surface area contributed by atoms with Crippen LogP contribution >= 0.6 is 0 Å². The Morgan fingerprint density at radius 2 is 0.800 bits per heavy atom. The molecule has 9 aromatic carbocycles. The first-order chi connectivity index (χ1) is 29.5. The molecule has 1 aliphatic rings. The monoisotopic (exact) mass is 782 g/mol. The van der Waals surface area contributed by atoms with Gasteiger partial charge in [-0.15, -0.1) is 0 Å². The van der Waals surface area contributed by atoms with Gasteiger partial charge in [0.1, 0.15) is 0 Å². The highest BCUT2D eigenvalue weighted by atomic mass is 28.3. The molecule has 0 amide bonds. The largest absolute Gasteiger partial charge is 0.309 e. The maximum absolute atomic E-state index is 2.89. The van der Waals surface area contributed by atoms with Gasteiger partial charge in [0.25, 0.3) is 0 Å². The van der Waals surface area contributed by atoms with Gasteiger partial charge in [-0.1, -0.05) is 178 Å². The molecule has 11 aromatic rings. The Morgan fingerprint density at radius 3 is 1.42 bits per heavy atom. The summed E-state index contributed by atoms with van der Waals surface area (Å²) in [4.78, 5) is 0. The number of rotatable bonds is 6. The van der Waals surface area contributed by atoms with Crippen LogP contribution in [0.2, 0.25) is 0 Å². The first-order valence-corrected chi connectivity index (χ1v) is 23.0. The molecule has 0 aliphatic heterocycles. The highest BCUT2D eigenvalue weighted by Crippen LogP contribution is 2.51. The lowest BCUT2D eigenvalue weighted by molar-refractivity contribution is 0.661. The zero-order valence-corrected chi connectivity index (χ0v) is 34.7. The van der Waals surface area contributed by atoms with E-state index in [9.17, 15) is 0 Å². The topological polar surface area (TPSA) is 9.86 Å². The predicted octanol–water partition coefficient (Wildman–Crippen LogP) is 11.6. The summed E-state index contributed by atoms with van der Waals surface area (Å²) >= 11 is 0. The second kappa shape index (κ2) is 13.2. The number of hydrogen-bond acceptors (Lipinski definition) is 0. The summed E-state index contributed by atoms with van der Waals surface area (Å²) in [5, 5.41) is 10.5. The average Bonchev–Trinajstić information content (AvgIpc) is 3.90. The Balaban J connectivity index is 1.09. The molecular formula is C57H42N2Si. The maximum atomic E-state index is 2.49. The molecule has 0 unspecified atom stereocenters. The molecule has 0 spiro atoms. The van der Waals surface area contributed by atoms with E-state index in [1.807, 2.05) is 0 Å². The first kappa shape index (κ1) is 34.8. The van der Waals surface area contributed by atoms with Gasteiger partial charge in [-0.25, -0.2) is 0 Å². The number of fused-ring (bicyclic) bond motifs is 9. The fourth-order valence-electron chi connectivity index (χ4n) is 10.8. The summed E-state index contributed by atoms with van der Waals surface area (Å²) in [6.07, 6.45) is 0. The van der Waals surface area contributed by atoms with Crippen LogP contribution < -0.4 is 20.7 Å². The summed E-state index contributed by atoms with van der Waals surface area (Å²) in [5.74, 6) is 0. The fraction of sp³-hybridized carbons (Fsp3) is 0.0526. The van der Waals surface area contributed by atoms with E-state index in [1.165, 1.54) is 98.0 Å². The SMILES string of the molecule is CC1(C)c2ccccc2-c2cc3c4ccccc4n(-c4ccc([Si](c5ccccc5)(c5ccccc5)c5cccc(-n6c7ccccc7c7ccccc76)c5)cc4)c3cc21. The quantitative estimate of drug-likeness (QED) is 0.117. The summed E-state index contributed by atoms with van der Waals surface area (Å²) in [6, 6.07) is 82.0. The van der Waals surface area contributed by atoms with Gasteiger partial charge in [-0.2, -0.15) is 0 Å². The second-order valence-corrected chi connectivity index (χ2v) is 20.7. The molecule has 2 aromatic heterocycles. The van der Waals surface area contributed by atoms with Crippen LogP contribution in [0.3, 0.4) is 0 Å². The molecule has 60 heavy (non-hydrogen) atoms. The van der Waals surface area contributed by atoms with Crippen LogP contribution in [-0.4, -0.2) is 17.2 Å². The van der Waals surface area contributed by atoms with Crippen LogP contribution in [0.5, 0.6) is 0 Å². The molecule has 1 aliphatic carbocycles. The van der Waals surface area contributed by atoms with Crippen molar-refractivity contribution in [2.45, 2.75) is 19.3 Å². The predicted molar refractivity (Wildman–Crippen MR) is 256 cm³/mol. The van der Waals surface area contributed by atoms with Crippen LogP contribution in [0, 0.1) is 0 Å². The molecule has 0 saturated heterocycles. The van der Waals surface area contributed by atoms with Crippen molar-refractivity contribution < 1.29 is 0 Å². The summed E-state index contributed by atoms with van der Waals surface area (Å²) in [5.41, 5.74) is 12.7. The lowest BCUT2D eigenvalue weighted by Crippen LogP contribution is -2.74. The van der Waals surface area contributed by atoms with Crippen molar-refractivity contribution in [3.63, 3.8) is 0 Å². The highest BCUT2D eigenvalue weighted by molar-refractivity contribution is 7.19. The Kier molecular flexibility index (Phi) is 7.63. The Morgan fingerprint density at radius 1 is 0.317 bits per heavy atom. The van der Waals surface area contributed by atoms with E-state index in [1.54, 1.807) is 0 Å². The van der Waals surface area contributed by atoms with Crippen LogP contribution in [0.25, 0.3) is 66.1 Å². The van der Waals surface area contributed by atoms with Gasteiger partial charge in [0.05, 0.1) is 22.1 Å². The third-order valence-electron chi connectivity index (χ3n) is 13.5. The number of hydrogen-bond donors (Lipinski definition) is 0. The summed E-state index contributed by atoms with van der Waals surface area (Å²) in [6.45, 7) is 4.75. The normalized spacial score (nSPS) is 13.3. The van der Waals surface area contributed by atoms with Gasteiger partial charge in [0.2, 0.25) is 0 Å². The molecule has 0 fully saturated rings. The third kappa shape index (κ3) is 4.87. The zero-order valence-electron chi connectivity index (χ0n) is 33.7. The lowest BCUT2D eigenvalue weighted by atomic mass is 9.82. The van der Waals surface area contributed by atoms with Crippen LogP contribution in [0.1, 0.15) is 25.0 Å². The third-order valence-corrected chi connectivity index (χ3v) is 18.2.